The molecule has 0 spiro atoms. The van der Waals surface area contributed by atoms with Crippen molar-refractivity contribution in [2.24, 2.45) is 0 Å². The molecule has 1 amide bonds. The van der Waals surface area contributed by atoms with Crippen molar-refractivity contribution in [1.82, 2.24) is 5.32 Å². The maximum Gasteiger partial charge on any atom is 0.267 e. The van der Waals surface area contributed by atoms with Crippen LogP contribution in [0.1, 0.15) is 13.8 Å². The molecule has 76 valence electrons. The molecule has 7 heteroatoms. The summed E-state index contributed by atoms with van der Waals surface area (Å²) >= 11 is 0. The molecule has 0 aromatic rings. The van der Waals surface area contributed by atoms with Gasteiger partial charge in [0.1, 0.15) is 0 Å². The first-order valence-electron chi connectivity index (χ1n) is 3.44. The molecule has 0 aliphatic rings. The van der Waals surface area contributed by atoms with E-state index in [0.29, 0.717) is 6.21 Å². The predicted molar refractivity (Wildman–Crippen MR) is 47.4 cm³/mol. The first-order chi connectivity index (χ1) is 5.66. The number of nitrogens with one attached hydrogen (secondary N) is 2. The third-order valence-electron chi connectivity index (χ3n) is 1.14. The van der Waals surface area contributed by atoms with Gasteiger partial charge in [-0.2, -0.15) is 8.42 Å². The van der Waals surface area contributed by atoms with Gasteiger partial charge in [0.2, 0.25) is 0 Å². The van der Waals surface area contributed by atoms with Crippen molar-refractivity contribution in [2.45, 2.75) is 19.4 Å². The number of carbonyl (C=O) groups excluding carboxylic acids is 1. The summed E-state index contributed by atoms with van der Waals surface area (Å²) in [4.78, 5) is 10.7. The van der Waals surface area contributed by atoms with E-state index in [1.807, 2.05) is 0 Å². The van der Waals surface area contributed by atoms with Crippen LogP contribution in [0.2, 0.25) is 0 Å². The number of hydrogen-bond acceptors (Lipinski definition) is 4. The minimum absolute atomic E-state index is 0.533. The Morgan fingerprint density at radius 3 is 2.38 bits per heavy atom. The van der Waals surface area contributed by atoms with Gasteiger partial charge in [0.15, 0.2) is 0 Å². The molecule has 0 unspecified atom stereocenters. The van der Waals surface area contributed by atoms with E-state index >= 15 is 0 Å². The van der Waals surface area contributed by atoms with Crippen LogP contribution in [0.25, 0.3) is 0 Å². The van der Waals surface area contributed by atoms with Crippen molar-refractivity contribution in [3.63, 3.8) is 0 Å². The molecule has 0 radical (unpaired) electrons. The molecule has 0 aliphatic carbocycles. The molecular weight excluding hydrogens is 196 g/mol. The first kappa shape index (κ1) is 12.0. The molecule has 0 saturated heterocycles. The Balaban J connectivity index is 4.41. The second-order valence-electron chi connectivity index (χ2n) is 3.24. The summed E-state index contributed by atoms with van der Waals surface area (Å²) in [6, 6.07) is 0. The Bertz CT molecular complexity index is 307. The van der Waals surface area contributed by atoms with Crippen LogP contribution < -0.4 is 5.32 Å². The average Bonchev–Trinajstić information content (AvgIpc) is 1.80. The van der Waals surface area contributed by atoms with Crippen LogP contribution in [0.15, 0.2) is 0 Å². The highest BCUT2D eigenvalue weighted by Gasteiger charge is 2.25. The predicted octanol–water partition coefficient (Wildman–Crippen LogP) is -0.581. The monoisotopic (exact) mass is 208 g/mol. The highest BCUT2D eigenvalue weighted by atomic mass is 32.2. The SMILES string of the molecule is CC(C)(CS(=O)(=O)O)NC(=O)C=N. The molecule has 0 heterocycles. The van der Waals surface area contributed by atoms with Crippen LogP contribution in [-0.4, -0.2) is 36.4 Å². The maximum atomic E-state index is 10.7. The summed E-state index contributed by atoms with van der Waals surface area (Å²) in [5.74, 6) is -1.28. The Hall–Kier alpha value is -0.950. The van der Waals surface area contributed by atoms with Crippen molar-refractivity contribution in [3.05, 3.63) is 0 Å². The highest BCUT2D eigenvalue weighted by molar-refractivity contribution is 7.85. The molecule has 0 aromatic heterocycles. The minimum Gasteiger partial charge on any atom is -0.345 e. The van der Waals surface area contributed by atoms with Crippen LogP contribution in [0.5, 0.6) is 0 Å². The first-order valence-corrected chi connectivity index (χ1v) is 5.05. The molecular formula is C6H12N2O4S. The third kappa shape index (κ3) is 6.23. The molecule has 0 fully saturated rings. The van der Waals surface area contributed by atoms with Gasteiger partial charge >= 0.3 is 0 Å². The van der Waals surface area contributed by atoms with E-state index in [2.05, 4.69) is 5.32 Å². The number of hydrogen-bond donors (Lipinski definition) is 3. The van der Waals surface area contributed by atoms with Gasteiger partial charge < -0.3 is 10.7 Å². The van der Waals surface area contributed by atoms with E-state index in [0.717, 1.165) is 0 Å². The van der Waals surface area contributed by atoms with E-state index in [1.54, 1.807) is 0 Å². The zero-order valence-electron chi connectivity index (χ0n) is 7.36. The van der Waals surface area contributed by atoms with Gasteiger partial charge in [0.05, 0.1) is 17.5 Å². The van der Waals surface area contributed by atoms with E-state index < -0.39 is 27.3 Å². The summed E-state index contributed by atoms with van der Waals surface area (Å²) in [6.45, 7) is 2.87. The van der Waals surface area contributed by atoms with Crippen LogP contribution in [0.3, 0.4) is 0 Å². The molecule has 3 N–H and O–H groups in total. The van der Waals surface area contributed by atoms with Gasteiger partial charge in [-0.25, -0.2) is 0 Å². The lowest BCUT2D eigenvalue weighted by atomic mass is 10.1. The summed E-state index contributed by atoms with van der Waals surface area (Å²) in [5.41, 5.74) is -1.08. The minimum atomic E-state index is -4.13. The summed E-state index contributed by atoms with van der Waals surface area (Å²) in [6.07, 6.45) is 0.533. The Morgan fingerprint density at radius 2 is 2.08 bits per heavy atom. The van der Waals surface area contributed by atoms with E-state index in [9.17, 15) is 13.2 Å². The Morgan fingerprint density at radius 1 is 1.62 bits per heavy atom. The van der Waals surface area contributed by atoms with Gasteiger partial charge in [-0.1, -0.05) is 0 Å². The second kappa shape index (κ2) is 3.84. The molecule has 0 aliphatic heterocycles. The van der Waals surface area contributed by atoms with E-state index in [1.165, 1.54) is 13.8 Å². The standard InChI is InChI=1S/C6H12N2O4S/c1-6(2,4-13(10,11)12)8-5(9)3-7/h3,7H,4H2,1-2H3,(H,8,9)(H,10,11,12). The molecule has 0 rings (SSSR count). The van der Waals surface area contributed by atoms with Gasteiger partial charge in [0, 0.05) is 0 Å². The zero-order valence-corrected chi connectivity index (χ0v) is 8.18. The largest absolute Gasteiger partial charge is 0.345 e. The summed E-state index contributed by atoms with van der Waals surface area (Å²) < 4.78 is 29.4. The molecule has 6 nitrogen and oxygen atoms in total. The van der Waals surface area contributed by atoms with Crippen molar-refractivity contribution < 1.29 is 17.8 Å². The highest BCUT2D eigenvalue weighted by Crippen LogP contribution is 2.04. The fourth-order valence-electron chi connectivity index (χ4n) is 0.862. The number of rotatable bonds is 4. The van der Waals surface area contributed by atoms with E-state index in [4.69, 9.17) is 9.96 Å². The Labute approximate surface area is 76.6 Å². The summed E-state index contributed by atoms with van der Waals surface area (Å²) in [7, 11) is -4.13. The lowest BCUT2D eigenvalue weighted by molar-refractivity contribution is -0.115. The topological polar surface area (TPSA) is 107 Å². The van der Waals surface area contributed by atoms with Crippen molar-refractivity contribution in [2.75, 3.05) is 5.75 Å². The van der Waals surface area contributed by atoms with Gasteiger partial charge in [-0.3, -0.25) is 9.35 Å². The number of amides is 1. The van der Waals surface area contributed by atoms with Crippen LogP contribution in [0.4, 0.5) is 0 Å². The normalized spacial score (nSPS) is 12.2. The quantitative estimate of drug-likeness (QED) is 0.424. The smallest absolute Gasteiger partial charge is 0.267 e. The van der Waals surface area contributed by atoms with Gasteiger partial charge in [-0.05, 0) is 13.8 Å². The fraction of sp³-hybridized carbons (Fsp3) is 0.667. The van der Waals surface area contributed by atoms with Crippen LogP contribution in [0, 0.1) is 5.41 Å². The lowest BCUT2D eigenvalue weighted by Crippen LogP contribution is -2.48. The lowest BCUT2D eigenvalue weighted by Gasteiger charge is -2.23. The van der Waals surface area contributed by atoms with E-state index in [-0.39, 0.29) is 0 Å². The van der Waals surface area contributed by atoms with Gasteiger partial charge in [0.25, 0.3) is 16.0 Å². The molecule has 0 atom stereocenters. The van der Waals surface area contributed by atoms with Crippen molar-refractivity contribution in [3.8, 4) is 0 Å². The van der Waals surface area contributed by atoms with Crippen LogP contribution >= 0.6 is 0 Å². The summed E-state index contributed by atoms with van der Waals surface area (Å²) in [5, 5.41) is 8.81. The molecule has 0 aromatic carbocycles. The van der Waals surface area contributed by atoms with Crippen LogP contribution in [-0.2, 0) is 14.9 Å². The van der Waals surface area contributed by atoms with Crippen molar-refractivity contribution in [1.29, 1.82) is 5.41 Å². The zero-order chi connectivity index (χ0) is 10.7. The molecule has 13 heavy (non-hydrogen) atoms. The fourth-order valence-corrected chi connectivity index (χ4v) is 1.85. The average molecular weight is 208 g/mol. The third-order valence-corrected chi connectivity index (χ3v) is 2.22. The Kier molecular flexibility index (Phi) is 3.56. The number of carbonyl (C=O) groups is 1. The van der Waals surface area contributed by atoms with Gasteiger partial charge in [-0.15, -0.1) is 0 Å². The van der Waals surface area contributed by atoms with Crippen molar-refractivity contribution >= 4 is 22.2 Å². The molecule has 0 saturated carbocycles. The maximum absolute atomic E-state index is 10.7. The molecule has 0 bridgehead atoms. The second-order valence-corrected chi connectivity index (χ2v) is 4.70.